The van der Waals surface area contributed by atoms with Crippen LogP contribution in [0.15, 0.2) is 61.2 Å². The molecule has 1 atom stereocenters. The predicted octanol–water partition coefficient (Wildman–Crippen LogP) is 4.32. The van der Waals surface area contributed by atoms with Crippen molar-refractivity contribution in [2.75, 3.05) is 18.9 Å². The monoisotopic (exact) mass is 455 g/mol. The molecule has 1 fully saturated rings. The molecule has 3 aromatic rings. The normalized spacial score (nSPS) is 15.6. The molecule has 1 N–H and O–H groups in total. The molecule has 1 aliphatic heterocycles. The van der Waals surface area contributed by atoms with Crippen LogP contribution in [0.2, 0.25) is 5.02 Å². The highest BCUT2D eigenvalue weighted by atomic mass is 35.5. The number of likely N-dealkylation sites (tertiary alicyclic amines) is 1. The van der Waals surface area contributed by atoms with Gasteiger partial charge in [-0.05, 0) is 48.7 Å². The Morgan fingerprint density at radius 2 is 2.03 bits per heavy atom. The molecule has 1 aliphatic rings. The first kappa shape index (κ1) is 21.8. The number of carbonyl (C=O) groups excluding carboxylic acids is 2. The summed E-state index contributed by atoms with van der Waals surface area (Å²) in [6.45, 7) is 0.864. The van der Waals surface area contributed by atoms with Crippen molar-refractivity contribution in [2.24, 2.45) is 0 Å². The van der Waals surface area contributed by atoms with Crippen molar-refractivity contribution in [1.82, 2.24) is 19.4 Å². The summed E-state index contributed by atoms with van der Waals surface area (Å²) >= 11 is 5.93. The van der Waals surface area contributed by atoms with E-state index in [1.165, 1.54) is 17.0 Å². The van der Waals surface area contributed by atoms with Crippen LogP contribution in [-0.4, -0.2) is 50.9 Å². The van der Waals surface area contributed by atoms with Crippen LogP contribution >= 0.6 is 11.6 Å². The minimum atomic E-state index is -0.572. The number of anilines is 1. The van der Waals surface area contributed by atoms with Gasteiger partial charge in [0.05, 0.1) is 17.7 Å². The van der Waals surface area contributed by atoms with Gasteiger partial charge in [-0.25, -0.2) is 14.2 Å². The van der Waals surface area contributed by atoms with Crippen molar-refractivity contribution >= 4 is 29.2 Å². The molecule has 0 bridgehead atoms. The number of imidazole rings is 1. The Morgan fingerprint density at radius 3 is 2.75 bits per heavy atom. The second-order valence-corrected chi connectivity index (χ2v) is 8.17. The number of urea groups is 1. The maximum atomic E-state index is 13.9. The summed E-state index contributed by atoms with van der Waals surface area (Å²) in [7, 11) is 1.72. The maximum Gasteiger partial charge on any atom is 0.322 e. The van der Waals surface area contributed by atoms with E-state index in [0.29, 0.717) is 35.9 Å². The van der Waals surface area contributed by atoms with Gasteiger partial charge >= 0.3 is 6.03 Å². The van der Waals surface area contributed by atoms with E-state index in [-0.39, 0.29) is 5.91 Å². The molecule has 1 aromatic heterocycles. The molecule has 0 aliphatic carbocycles. The molecular weight excluding hydrogens is 433 g/mol. The number of hydrogen-bond acceptors (Lipinski definition) is 3. The van der Waals surface area contributed by atoms with Crippen LogP contribution < -0.4 is 5.32 Å². The van der Waals surface area contributed by atoms with Crippen LogP contribution in [0, 0.1) is 5.82 Å². The second-order valence-electron chi connectivity index (χ2n) is 7.73. The predicted molar refractivity (Wildman–Crippen MR) is 120 cm³/mol. The van der Waals surface area contributed by atoms with E-state index in [0.717, 1.165) is 12.0 Å². The molecule has 0 spiro atoms. The molecule has 1 saturated heterocycles. The standard InChI is InChI=1S/C23H23ClFN5O2/c1-28(14-16-4-6-17(24)7-5-16)22(31)21-3-2-11-30(21)23(32)27-19-13-18(25)8-9-20(19)29-12-10-26-15-29/h4-10,12-13,15,21H,2-3,11,14H2,1H3,(H,27,32)/t21-/m1/s1. The fraction of sp³-hybridized carbons (Fsp3) is 0.261. The molecule has 2 heterocycles. The van der Waals surface area contributed by atoms with Crippen LogP contribution in [0.25, 0.3) is 5.69 Å². The summed E-state index contributed by atoms with van der Waals surface area (Å²) in [5, 5.41) is 3.41. The van der Waals surface area contributed by atoms with Crippen molar-refractivity contribution in [3.8, 4) is 5.69 Å². The number of nitrogens with one attached hydrogen (secondary N) is 1. The Kier molecular flexibility index (Phi) is 6.41. The summed E-state index contributed by atoms with van der Waals surface area (Å²) in [5.74, 6) is -0.609. The Bertz CT molecular complexity index is 1100. The molecule has 166 valence electrons. The summed E-state index contributed by atoms with van der Waals surface area (Å²) in [4.78, 5) is 33.3. The van der Waals surface area contributed by atoms with Gasteiger partial charge in [-0.1, -0.05) is 23.7 Å². The molecule has 7 nitrogen and oxygen atoms in total. The van der Waals surface area contributed by atoms with Crippen LogP contribution in [0.4, 0.5) is 14.9 Å². The highest BCUT2D eigenvalue weighted by molar-refractivity contribution is 6.30. The summed E-state index contributed by atoms with van der Waals surface area (Å²) in [5.41, 5.74) is 1.84. The number of nitrogens with zero attached hydrogens (tertiary/aromatic N) is 4. The van der Waals surface area contributed by atoms with E-state index < -0.39 is 17.9 Å². The fourth-order valence-corrected chi connectivity index (χ4v) is 4.01. The number of hydrogen-bond donors (Lipinski definition) is 1. The molecule has 2 aromatic carbocycles. The lowest BCUT2D eigenvalue weighted by Crippen LogP contribution is -2.47. The lowest BCUT2D eigenvalue weighted by molar-refractivity contribution is -0.134. The van der Waals surface area contributed by atoms with Gasteiger partial charge in [-0.3, -0.25) is 4.79 Å². The van der Waals surface area contributed by atoms with Crippen LogP contribution in [0.3, 0.4) is 0 Å². The molecular formula is C23H23ClFN5O2. The molecule has 0 radical (unpaired) electrons. The molecule has 3 amide bonds. The SMILES string of the molecule is CN(Cc1ccc(Cl)cc1)C(=O)[C@H]1CCCN1C(=O)Nc1cc(F)ccc1-n1ccnc1. The van der Waals surface area contributed by atoms with Gasteiger partial charge in [-0.2, -0.15) is 0 Å². The van der Waals surface area contributed by atoms with E-state index >= 15 is 0 Å². The quantitative estimate of drug-likeness (QED) is 0.622. The van der Waals surface area contributed by atoms with Gasteiger partial charge in [0, 0.05) is 37.6 Å². The third-order valence-corrected chi connectivity index (χ3v) is 5.74. The third-order valence-electron chi connectivity index (χ3n) is 5.49. The zero-order valence-corrected chi connectivity index (χ0v) is 18.3. The lowest BCUT2D eigenvalue weighted by atomic mass is 10.1. The smallest absolute Gasteiger partial charge is 0.322 e. The molecule has 0 unspecified atom stereocenters. The Balaban J connectivity index is 1.47. The van der Waals surface area contributed by atoms with E-state index in [4.69, 9.17) is 11.6 Å². The summed E-state index contributed by atoms with van der Waals surface area (Å²) in [6.07, 6.45) is 6.17. The third kappa shape index (κ3) is 4.75. The van der Waals surface area contributed by atoms with Crippen molar-refractivity contribution in [1.29, 1.82) is 0 Å². The van der Waals surface area contributed by atoms with Gasteiger partial charge < -0.3 is 19.7 Å². The second kappa shape index (κ2) is 9.40. The first-order chi connectivity index (χ1) is 15.4. The average molecular weight is 456 g/mol. The van der Waals surface area contributed by atoms with Crippen LogP contribution in [0.1, 0.15) is 18.4 Å². The lowest BCUT2D eigenvalue weighted by Gasteiger charge is -2.28. The summed E-state index contributed by atoms with van der Waals surface area (Å²) in [6, 6.07) is 10.4. The largest absolute Gasteiger partial charge is 0.340 e. The number of amides is 3. The zero-order chi connectivity index (χ0) is 22.7. The van der Waals surface area contributed by atoms with Crippen molar-refractivity contribution in [2.45, 2.75) is 25.4 Å². The first-order valence-electron chi connectivity index (χ1n) is 10.3. The topological polar surface area (TPSA) is 70.5 Å². The average Bonchev–Trinajstić information content (AvgIpc) is 3.47. The van der Waals surface area contributed by atoms with Gasteiger partial charge in [0.1, 0.15) is 11.9 Å². The van der Waals surface area contributed by atoms with Gasteiger partial charge in [0.25, 0.3) is 0 Å². The molecule has 9 heteroatoms. The minimum Gasteiger partial charge on any atom is -0.340 e. The van der Waals surface area contributed by atoms with E-state index in [2.05, 4.69) is 10.3 Å². The highest BCUT2D eigenvalue weighted by Gasteiger charge is 2.36. The number of carbonyl (C=O) groups is 2. The number of benzene rings is 2. The van der Waals surface area contributed by atoms with Crippen LogP contribution in [0.5, 0.6) is 0 Å². The van der Waals surface area contributed by atoms with Crippen molar-refractivity contribution in [3.63, 3.8) is 0 Å². The Morgan fingerprint density at radius 1 is 1.25 bits per heavy atom. The van der Waals surface area contributed by atoms with E-state index in [9.17, 15) is 14.0 Å². The Labute approximate surface area is 190 Å². The fourth-order valence-electron chi connectivity index (χ4n) is 3.88. The van der Waals surface area contributed by atoms with Crippen molar-refractivity contribution in [3.05, 3.63) is 77.6 Å². The highest BCUT2D eigenvalue weighted by Crippen LogP contribution is 2.25. The number of aromatic nitrogens is 2. The molecule has 0 saturated carbocycles. The van der Waals surface area contributed by atoms with Gasteiger partial charge in [0.2, 0.25) is 5.91 Å². The van der Waals surface area contributed by atoms with Crippen LogP contribution in [-0.2, 0) is 11.3 Å². The van der Waals surface area contributed by atoms with E-state index in [1.54, 1.807) is 53.4 Å². The minimum absolute atomic E-state index is 0.137. The zero-order valence-electron chi connectivity index (χ0n) is 17.5. The van der Waals surface area contributed by atoms with Crippen molar-refractivity contribution < 1.29 is 14.0 Å². The maximum absolute atomic E-state index is 13.9. The van der Waals surface area contributed by atoms with E-state index in [1.807, 2.05) is 12.1 Å². The molecule has 32 heavy (non-hydrogen) atoms. The first-order valence-corrected chi connectivity index (χ1v) is 10.6. The van der Waals surface area contributed by atoms with Gasteiger partial charge in [0.15, 0.2) is 0 Å². The Hall–Kier alpha value is -3.39. The van der Waals surface area contributed by atoms with Gasteiger partial charge in [-0.15, -0.1) is 0 Å². The number of halogens is 2. The number of likely N-dealkylation sites (N-methyl/N-ethyl adjacent to an activating group) is 1. The number of rotatable bonds is 5. The molecule has 4 rings (SSSR count). The summed E-state index contributed by atoms with van der Waals surface area (Å²) < 4.78 is 15.6.